The number of ketones is 1. The number of allylic oxidation sites excluding steroid dienone is 1. The van der Waals surface area contributed by atoms with E-state index in [2.05, 4.69) is 5.32 Å². The first-order valence-electron chi connectivity index (χ1n) is 5.24. The summed E-state index contributed by atoms with van der Waals surface area (Å²) in [6, 6.07) is 0. The van der Waals surface area contributed by atoms with Crippen molar-refractivity contribution in [3.8, 4) is 0 Å². The number of hydrogen-bond donors (Lipinski definition) is 1. The van der Waals surface area contributed by atoms with Crippen LogP contribution in [0.4, 0.5) is 0 Å². The van der Waals surface area contributed by atoms with Crippen LogP contribution < -0.4 is 5.32 Å². The van der Waals surface area contributed by atoms with Crippen LogP contribution in [-0.2, 0) is 9.59 Å². The number of nitrogens with one attached hydrogen (secondary N) is 1. The highest BCUT2D eigenvalue weighted by Crippen LogP contribution is 1.98. The lowest BCUT2D eigenvalue weighted by atomic mass is 10.3. The minimum absolute atomic E-state index is 0.251. The van der Waals surface area contributed by atoms with Crippen LogP contribution >= 0.6 is 0 Å². The summed E-state index contributed by atoms with van der Waals surface area (Å²) in [5.41, 5.74) is 1.01. The van der Waals surface area contributed by atoms with E-state index in [0.29, 0.717) is 6.54 Å². The Hall–Kier alpha value is -1.32. The van der Waals surface area contributed by atoms with Gasteiger partial charge in [-0.05, 0) is 13.8 Å². The smallest absolute Gasteiger partial charge is 0.287 e. The standard InChI is InChI=1S/C11H20N2O2/c1-5-9(13(4)7-3)8-12-11(15)10(14)6-2/h5H,6-8H2,1-4H3,(H,12,15)/b9-5-. The van der Waals surface area contributed by atoms with Crippen LogP contribution in [0.3, 0.4) is 0 Å². The third-order valence-electron chi connectivity index (χ3n) is 2.30. The third-order valence-corrected chi connectivity index (χ3v) is 2.30. The molecule has 0 aromatic heterocycles. The Morgan fingerprint density at radius 1 is 1.33 bits per heavy atom. The van der Waals surface area contributed by atoms with E-state index in [1.807, 2.05) is 31.9 Å². The maximum Gasteiger partial charge on any atom is 0.287 e. The van der Waals surface area contributed by atoms with Gasteiger partial charge in [-0.15, -0.1) is 0 Å². The van der Waals surface area contributed by atoms with E-state index in [0.717, 1.165) is 12.2 Å². The van der Waals surface area contributed by atoms with Gasteiger partial charge < -0.3 is 10.2 Å². The van der Waals surface area contributed by atoms with Gasteiger partial charge in [0.2, 0.25) is 5.78 Å². The molecular weight excluding hydrogens is 192 g/mol. The average molecular weight is 212 g/mol. The second-order valence-corrected chi connectivity index (χ2v) is 3.25. The number of Topliss-reactive ketones (excluding diaryl/α,β-unsaturated/α-hetero) is 1. The number of hydrogen-bond acceptors (Lipinski definition) is 3. The average Bonchev–Trinajstić information content (AvgIpc) is 2.27. The first kappa shape index (κ1) is 13.7. The van der Waals surface area contributed by atoms with Crippen molar-refractivity contribution in [2.45, 2.75) is 27.2 Å². The molecule has 0 spiro atoms. The van der Waals surface area contributed by atoms with Gasteiger partial charge in [-0.25, -0.2) is 0 Å². The first-order valence-corrected chi connectivity index (χ1v) is 5.24. The zero-order valence-corrected chi connectivity index (χ0v) is 9.96. The highest BCUT2D eigenvalue weighted by Gasteiger charge is 2.11. The molecule has 0 unspecified atom stereocenters. The summed E-state index contributed by atoms with van der Waals surface area (Å²) in [7, 11) is 1.95. The quantitative estimate of drug-likeness (QED) is 0.666. The fourth-order valence-corrected chi connectivity index (χ4v) is 1.09. The topological polar surface area (TPSA) is 49.4 Å². The molecule has 0 aromatic carbocycles. The summed E-state index contributed by atoms with van der Waals surface area (Å²) in [5.74, 6) is -0.869. The molecule has 15 heavy (non-hydrogen) atoms. The highest BCUT2D eigenvalue weighted by atomic mass is 16.2. The van der Waals surface area contributed by atoms with Crippen molar-refractivity contribution in [1.82, 2.24) is 10.2 Å². The van der Waals surface area contributed by atoms with Crippen molar-refractivity contribution < 1.29 is 9.59 Å². The molecule has 4 heteroatoms. The Labute approximate surface area is 91.3 Å². The molecule has 0 aliphatic heterocycles. The van der Waals surface area contributed by atoms with E-state index < -0.39 is 5.91 Å². The second-order valence-electron chi connectivity index (χ2n) is 3.25. The molecule has 0 radical (unpaired) electrons. The lowest BCUT2D eigenvalue weighted by Crippen LogP contribution is -2.35. The summed E-state index contributed by atoms with van der Waals surface area (Å²) in [4.78, 5) is 24.2. The van der Waals surface area contributed by atoms with Crippen molar-refractivity contribution in [3.05, 3.63) is 11.8 Å². The molecule has 0 aliphatic rings. The third kappa shape index (κ3) is 4.63. The Bertz CT molecular complexity index is 259. The normalized spacial score (nSPS) is 11.1. The van der Waals surface area contributed by atoms with E-state index in [9.17, 15) is 9.59 Å². The minimum atomic E-state index is -0.499. The monoisotopic (exact) mass is 212 g/mol. The fraction of sp³-hybridized carbons (Fsp3) is 0.636. The molecule has 0 aromatic rings. The highest BCUT2D eigenvalue weighted by molar-refractivity contribution is 6.36. The van der Waals surface area contributed by atoms with Crippen LogP contribution in [-0.4, -0.2) is 36.7 Å². The molecule has 1 N–H and O–H groups in total. The Morgan fingerprint density at radius 2 is 1.93 bits per heavy atom. The lowest BCUT2D eigenvalue weighted by Gasteiger charge is -2.20. The van der Waals surface area contributed by atoms with Gasteiger partial charge in [-0.3, -0.25) is 9.59 Å². The van der Waals surface area contributed by atoms with Gasteiger partial charge in [0.15, 0.2) is 0 Å². The molecule has 0 atom stereocenters. The van der Waals surface area contributed by atoms with Gasteiger partial charge in [0.1, 0.15) is 0 Å². The van der Waals surface area contributed by atoms with Gasteiger partial charge in [-0.2, -0.15) is 0 Å². The van der Waals surface area contributed by atoms with Crippen molar-refractivity contribution in [2.75, 3.05) is 20.1 Å². The largest absolute Gasteiger partial charge is 0.377 e. The van der Waals surface area contributed by atoms with Crippen LogP contribution in [0, 0.1) is 0 Å². The summed E-state index contributed by atoms with van der Waals surface area (Å²) in [6.45, 7) is 6.90. The minimum Gasteiger partial charge on any atom is -0.377 e. The first-order chi connectivity index (χ1) is 7.06. The number of rotatable bonds is 6. The Balaban J connectivity index is 4.14. The molecule has 0 fully saturated rings. The van der Waals surface area contributed by atoms with E-state index >= 15 is 0 Å². The molecule has 0 heterocycles. The van der Waals surface area contributed by atoms with Crippen LogP contribution in [0.25, 0.3) is 0 Å². The predicted octanol–water partition coefficient (Wildman–Crippen LogP) is 0.937. The second kappa shape index (κ2) is 7.04. The van der Waals surface area contributed by atoms with Crippen LogP contribution in [0.15, 0.2) is 11.8 Å². The van der Waals surface area contributed by atoms with Crippen molar-refractivity contribution in [1.29, 1.82) is 0 Å². The maximum absolute atomic E-state index is 11.2. The van der Waals surface area contributed by atoms with Crippen LogP contribution in [0.2, 0.25) is 0 Å². The van der Waals surface area contributed by atoms with Gasteiger partial charge in [0.25, 0.3) is 5.91 Å². The molecule has 0 aliphatic carbocycles. The summed E-state index contributed by atoms with van der Waals surface area (Å²) >= 11 is 0. The molecule has 0 rings (SSSR count). The van der Waals surface area contributed by atoms with Gasteiger partial charge in [0.05, 0.1) is 6.54 Å². The SMILES string of the molecule is C/C=C(/CNC(=O)C(=O)CC)N(C)CC. The molecule has 4 nitrogen and oxygen atoms in total. The van der Waals surface area contributed by atoms with E-state index in [1.165, 1.54) is 0 Å². The Kier molecular flexibility index (Phi) is 6.42. The van der Waals surface area contributed by atoms with Crippen molar-refractivity contribution in [2.24, 2.45) is 0 Å². The van der Waals surface area contributed by atoms with E-state index in [4.69, 9.17) is 0 Å². The number of likely N-dealkylation sites (N-methyl/N-ethyl adjacent to an activating group) is 1. The fourth-order valence-electron chi connectivity index (χ4n) is 1.09. The Morgan fingerprint density at radius 3 is 2.33 bits per heavy atom. The molecule has 0 saturated heterocycles. The summed E-state index contributed by atoms with van der Waals surface area (Å²) in [6.07, 6.45) is 2.18. The predicted molar refractivity (Wildman–Crippen MR) is 60.4 cm³/mol. The van der Waals surface area contributed by atoms with Crippen molar-refractivity contribution in [3.63, 3.8) is 0 Å². The van der Waals surface area contributed by atoms with Crippen LogP contribution in [0.1, 0.15) is 27.2 Å². The number of carbonyl (C=O) groups is 2. The van der Waals surface area contributed by atoms with Crippen LogP contribution in [0.5, 0.6) is 0 Å². The number of carbonyl (C=O) groups excluding carboxylic acids is 2. The number of nitrogens with zero attached hydrogens (tertiary/aromatic N) is 1. The van der Waals surface area contributed by atoms with Gasteiger partial charge in [-0.1, -0.05) is 13.0 Å². The lowest BCUT2D eigenvalue weighted by molar-refractivity contribution is -0.137. The van der Waals surface area contributed by atoms with E-state index in [1.54, 1.807) is 6.92 Å². The zero-order valence-electron chi connectivity index (χ0n) is 9.96. The zero-order chi connectivity index (χ0) is 11.8. The molecule has 0 saturated carbocycles. The summed E-state index contributed by atoms with van der Waals surface area (Å²) < 4.78 is 0. The van der Waals surface area contributed by atoms with Crippen molar-refractivity contribution >= 4 is 11.7 Å². The molecular formula is C11H20N2O2. The summed E-state index contributed by atoms with van der Waals surface area (Å²) in [5, 5.41) is 2.60. The van der Waals surface area contributed by atoms with Gasteiger partial charge in [0, 0.05) is 25.7 Å². The molecule has 0 bridgehead atoms. The van der Waals surface area contributed by atoms with E-state index in [-0.39, 0.29) is 12.2 Å². The number of amides is 1. The van der Waals surface area contributed by atoms with Gasteiger partial charge >= 0.3 is 0 Å². The molecule has 1 amide bonds. The maximum atomic E-state index is 11.2. The molecule has 86 valence electrons.